The Morgan fingerprint density at radius 3 is 2.44 bits per heavy atom. The van der Waals surface area contributed by atoms with Gasteiger partial charge in [0, 0.05) is 43.6 Å². The van der Waals surface area contributed by atoms with Gasteiger partial charge < -0.3 is 19.9 Å². The SMILES string of the molecule is CCOC(=O)CC1=CC(=O)N(CC(=O)N2CCN(c3ccc(F)cc3)CC2)c2ccccc2N1. The van der Waals surface area contributed by atoms with Gasteiger partial charge in [0.25, 0.3) is 5.91 Å². The van der Waals surface area contributed by atoms with Crippen LogP contribution in [0.1, 0.15) is 13.3 Å². The van der Waals surface area contributed by atoms with Crippen molar-refractivity contribution < 1.29 is 23.5 Å². The maximum absolute atomic E-state index is 13.2. The number of carbonyl (C=O) groups excluding carboxylic acids is 3. The fraction of sp³-hybridized carbons (Fsp3) is 0.320. The number of hydrogen-bond donors (Lipinski definition) is 1. The van der Waals surface area contributed by atoms with Crippen LogP contribution in [0.2, 0.25) is 0 Å². The van der Waals surface area contributed by atoms with E-state index in [-0.39, 0.29) is 37.2 Å². The Morgan fingerprint density at radius 1 is 1.03 bits per heavy atom. The van der Waals surface area contributed by atoms with Crippen molar-refractivity contribution in [3.63, 3.8) is 0 Å². The topological polar surface area (TPSA) is 82.2 Å². The summed E-state index contributed by atoms with van der Waals surface area (Å²) >= 11 is 0. The molecule has 0 spiro atoms. The van der Waals surface area contributed by atoms with Crippen molar-refractivity contribution in [2.45, 2.75) is 13.3 Å². The van der Waals surface area contributed by atoms with Crippen LogP contribution in [0.5, 0.6) is 0 Å². The Kier molecular flexibility index (Phi) is 7.10. The minimum absolute atomic E-state index is 0.0684. The number of benzene rings is 2. The van der Waals surface area contributed by atoms with Crippen molar-refractivity contribution in [3.05, 3.63) is 66.1 Å². The highest BCUT2D eigenvalue weighted by atomic mass is 19.1. The number of ether oxygens (including phenoxy) is 1. The predicted molar refractivity (Wildman–Crippen MR) is 127 cm³/mol. The van der Waals surface area contributed by atoms with E-state index in [1.807, 2.05) is 6.07 Å². The summed E-state index contributed by atoms with van der Waals surface area (Å²) in [6.45, 7) is 4.10. The standard InChI is InChI=1S/C25H27FN4O4/c1-2-34-25(33)16-19-15-23(31)30(22-6-4-3-5-21(22)27-19)17-24(32)29-13-11-28(12-14-29)20-9-7-18(26)8-10-20/h3-10,15,27H,2,11-14,16-17H2,1H3. The Bertz CT molecular complexity index is 1090. The fourth-order valence-electron chi connectivity index (χ4n) is 4.10. The van der Waals surface area contributed by atoms with Crippen molar-refractivity contribution in [1.82, 2.24) is 4.90 Å². The van der Waals surface area contributed by atoms with Gasteiger partial charge in [0.15, 0.2) is 0 Å². The molecule has 2 amide bonds. The van der Waals surface area contributed by atoms with E-state index < -0.39 is 5.97 Å². The minimum Gasteiger partial charge on any atom is -0.466 e. The molecule has 178 valence electrons. The molecule has 1 fully saturated rings. The normalized spacial score (nSPS) is 15.8. The maximum atomic E-state index is 13.2. The third kappa shape index (κ3) is 5.36. The number of piperazine rings is 1. The molecule has 1 saturated heterocycles. The first kappa shape index (κ1) is 23.3. The molecule has 0 bridgehead atoms. The van der Waals surface area contributed by atoms with Crippen molar-refractivity contribution in [2.75, 3.05) is 54.4 Å². The average molecular weight is 467 g/mol. The van der Waals surface area contributed by atoms with Gasteiger partial charge in [-0.05, 0) is 43.3 Å². The molecule has 0 aromatic heterocycles. The molecule has 9 heteroatoms. The molecular formula is C25H27FN4O4. The van der Waals surface area contributed by atoms with E-state index in [1.165, 1.54) is 23.1 Å². The number of rotatable bonds is 6. The second kappa shape index (κ2) is 10.4. The third-order valence-corrected chi connectivity index (χ3v) is 5.81. The van der Waals surface area contributed by atoms with Crippen LogP contribution >= 0.6 is 0 Å². The molecule has 2 aliphatic rings. The van der Waals surface area contributed by atoms with Crippen molar-refractivity contribution in [3.8, 4) is 0 Å². The molecule has 0 unspecified atom stereocenters. The first-order chi connectivity index (χ1) is 16.4. The van der Waals surface area contributed by atoms with Gasteiger partial charge in [-0.15, -0.1) is 0 Å². The molecule has 0 atom stereocenters. The molecule has 4 rings (SSSR count). The molecule has 2 aliphatic heterocycles. The van der Waals surface area contributed by atoms with E-state index in [2.05, 4.69) is 10.2 Å². The van der Waals surface area contributed by atoms with Crippen LogP contribution in [0.3, 0.4) is 0 Å². The Balaban J connectivity index is 1.44. The number of nitrogens with one attached hydrogen (secondary N) is 1. The largest absolute Gasteiger partial charge is 0.466 e. The quantitative estimate of drug-likeness (QED) is 0.660. The van der Waals surface area contributed by atoms with Crippen LogP contribution in [0, 0.1) is 5.82 Å². The molecule has 8 nitrogen and oxygen atoms in total. The summed E-state index contributed by atoms with van der Waals surface area (Å²) in [6.07, 6.45) is 1.28. The lowest BCUT2D eigenvalue weighted by Crippen LogP contribution is -2.51. The molecule has 0 radical (unpaired) electrons. The van der Waals surface area contributed by atoms with Gasteiger partial charge in [0.05, 0.1) is 24.4 Å². The van der Waals surface area contributed by atoms with Crippen LogP contribution < -0.4 is 15.1 Å². The first-order valence-corrected chi connectivity index (χ1v) is 11.3. The number of hydrogen-bond acceptors (Lipinski definition) is 6. The second-order valence-corrected chi connectivity index (χ2v) is 8.06. The van der Waals surface area contributed by atoms with E-state index in [9.17, 15) is 18.8 Å². The Labute approximate surface area is 197 Å². The zero-order valence-electron chi connectivity index (χ0n) is 19.0. The molecule has 34 heavy (non-hydrogen) atoms. The smallest absolute Gasteiger partial charge is 0.311 e. The lowest BCUT2D eigenvalue weighted by Gasteiger charge is -2.37. The van der Waals surface area contributed by atoms with Gasteiger partial charge in [-0.2, -0.15) is 0 Å². The molecular weight excluding hydrogens is 439 g/mol. The highest BCUT2D eigenvalue weighted by Crippen LogP contribution is 2.30. The number of nitrogens with zero attached hydrogens (tertiary/aromatic N) is 3. The molecule has 1 N–H and O–H groups in total. The summed E-state index contributed by atoms with van der Waals surface area (Å²) in [7, 11) is 0. The fourth-order valence-corrected chi connectivity index (χ4v) is 4.10. The van der Waals surface area contributed by atoms with E-state index in [0.29, 0.717) is 43.3 Å². The van der Waals surface area contributed by atoms with Crippen LogP contribution in [0.15, 0.2) is 60.3 Å². The van der Waals surface area contributed by atoms with E-state index in [0.717, 1.165) is 5.69 Å². The highest BCUT2D eigenvalue weighted by Gasteiger charge is 2.28. The lowest BCUT2D eigenvalue weighted by atomic mass is 10.2. The second-order valence-electron chi connectivity index (χ2n) is 8.06. The van der Waals surface area contributed by atoms with E-state index >= 15 is 0 Å². The predicted octanol–water partition coefficient (Wildman–Crippen LogP) is 2.77. The summed E-state index contributed by atoms with van der Waals surface area (Å²) in [5, 5.41) is 3.13. The molecule has 2 aromatic rings. The monoisotopic (exact) mass is 466 g/mol. The van der Waals surface area contributed by atoms with E-state index in [4.69, 9.17) is 4.74 Å². The number of esters is 1. The minimum atomic E-state index is -0.435. The number of para-hydroxylation sites is 2. The van der Waals surface area contributed by atoms with Crippen molar-refractivity contribution in [2.24, 2.45) is 0 Å². The zero-order valence-corrected chi connectivity index (χ0v) is 19.0. The Hall–Kier alpha value is -3.88. The maximum Gasteiger partial charge on any atom is 0.311 e. The number of fused-ring (bicyclic) bond motifs is 1. The first-order valence-electron chi connectivity index (χ1n) is 11.3. The zero-order chi connectivity index (χ0) is 24.1. The van der Waals surface area contributed by atoms with Gasteiger partial charge >= 0.3 is 5.97 Å². The number of halogens is 1. The van der Waals surface area contributed by atoms with Crippen LogP contribution in [-0.2, 0) is 19.1 Å². The lowest BCUT2D eigenvalue weighted by molar-refractivity contribution is -0.142. The summed E-state index contributed by atoms with van der Waals surface area (Å²) < 4.78 is 18.2. The van der Waals surface area contributed by atoms with Gasteiger partial charge in [0.1, 0.15) is 12.4 Å². The summed E-state index contributed by atoms with van der Waals surface area (Å²) in [4.78, 5) is 43.4. The summed E-state index contributed by atoms with van der Waals surface area (Å²) in [5.41, 5.74) is 2.54. The third-order valence-electron chi connectivity index (χ3n) is 5.81. The summed E-state index contributed by atoms with van der Waals surface area (Å²) in [5.74, 6) is -1.26. The van der Waals surface area contributed by atoms with Crippen LogP contribution in [-0.4, -0.2) is 62.0 Å². The molecule has 2 heterocycles. The van der Waals surface area contributed by atoms with Gasteiger partial charge in [-0.1, -0.05) is 12.1 Å². The number of amides is 2. The van der Waals surface area contributed by atoms with Crippen LogP contribution in [0.25, 0.3) is 0 Å². The molecule has 0 aliphatic carbocycles. The molecule has 0 saturated carbocycles. The number of anilines is 3. The van der Waals surface area contributed by atoms with E-state index in [1.54, 1.807) is 42.2 Å². The summed E-state index contributed by atoms with van der Waals surface area (Å²) in [6, 6.07) is 13.5. The number of carbonyl (C=O) groups is 3. The highest BCUT2D eigenvalue weighted by molar-refractivity contribution is 6.09. The van der Waals surface area contributed by atoms with Crippen molar-refractivity contribution >= 4 is 34.8 Å². The molecule has 2 aromatic carbocycles. The van der Waals surface area contributed by atoms with Gasteiger partial charge in [-0.3, -0.25) is 19.3 Å². The Morgan fingerprint density at radius 2 is 1.74 bits per heavy atom. The van der Waals surface area contributed by atoms with Crippen LogP contribution in [0.4, 0.5) is 21.5 Å². The van der Waals surface area contributed by atoms with Crippen molar-refractivity contribution in [1.29, 1.82) is 0 Å². The van der Waals surface area contributed by atoms with Gasteiger partial charge in [-0.25, -0.2) is 4.39 Å². The van der Waals surface area contributed by atoms with Gasteiger partial charge in [0.2, 0.25) is 5.91 Å². The average Bonchev–Trinajstić information content (AvgIpc) is 2.95.